The Balaban J connectivity index is 2.14. The van der Waals surface area contributed by atoms with Crippen molar-refractivity contribution in [3.8, 4) is 0 Å². The number of aromatic amines is 1. The fraction of sp³-hybridized carbons (Fsp3) is 0.600. The van der Waals surface area contributed by atoms with E-state index in [0.717, 1.165) is 4.57 Å². The quantitative estimate of drug-likeness (QED) is 0.515. The molecule has 2 rings (SSSR count). The van der Waals surface area contributed by atoms with E-state index in [0.29, 0.717) is 6.20 Å². The van der Waals surface area contributed by atoms with Crippen LogP contribution in [0.4, 0.5) is 4.39 Å². The largest absolute Gasteiger partial charge is 0.390 e. The lowest BCUT2D eigenvalue weighted by molar-refractivity contribution is -0.0222. The summed E-state index contributed by atoms with van der Waals surface area (Å²) in [4.78, 5) is 41.8. The zero-order valence-electron chi connectivity index (χ0n) is 10.7. The van der Waals surface area contributed by atoms with Crippen LogP contribution in [0.1, 0.15) is 19.1 Å². The third-order valence-corrected chi connectivity index (χ3v) is 3.98. The molecule has 1 saturated heterocycles. The summed E-state index contributed by atoms with van der Waals surface area (Å²) >= 11 is 0. The minimum Gasteiger partial charge on any atom is -0.390 e. The lowest BCUT2D eigenvalue weighted by Crippen LogP contribution is -2.33. The number of nitrogens with one attached hydrogen (secondary N) is 1. The summed E-state index contributed by atoms with van der Waals surface area (Å²) in [7, 11) is -4.23. The van der Waals surface area contributed by atoms with Gasteiger partial charge < -0.3 is 19.6 Å². The third-order valence-electron chi connectivity index (χ3n) is 3.14. The average Bonchev–Trinajstić information content (AvgIpc) is 2.72. The molecule has 3 unspecified atom stereocenters. The lowest BCUT2D eigenvalue weighted by Gasteiger charge is -2.16. The molecule has 1 aromatic rings. The Morgan fingerprint density at radius 1 is 1.48 bits per heavy atom. The van der Waals surface area contributed by atoms with E-state index in [1.54, 1.807) is 4.98 Å². The molecular formula is C10H14FN2O7P. The van der Waals surface area contributed by atoms with Crippen LogP contribution < -0.4 is 11.2 Å². The number of H-pyrrole nitrogens is 1. The smallest absolute Gasteiger partial charge is 0.330 e. The lowest BCUT2D eigenvalue weighted by atomic mass is 10.1. The summed E-state index contributed by atoms with van der Waals surface area (Å²) in [5.74, 6) is -1.17. The zero-order chi connectivity index (χ0) is 15.8. The van der Waals surface area contributed by atoms with E-state index in [4.69, 9.17) is 14.5 Å². The van der Waals surface area contributed by atoms with Crippen LogP contribution in [0.3, 0.4) is 0 Å². The van der Waals surface area contributed by atoms with E-state index in [2.05, 4.69) is 0 Å². The topological polar surface area (TPSA) is 142 Å². The molecule has 0 aliphatic carbocycles. The van der Waals surface area contributed by atoms with Crippen LogP contribution in [0.2, 0.25) is 0 Å². The molecule has 0 radical (unpaired) electrons. The van der Waals surface area contributed by atoms with Gasteiger partial charge in [0.05, 0.1) is 24.6 Å². The SMILES string of the molecule is O=c1[nH]c(=O)n(C2CC(O)C(CCP(=O)(O)O)O2)cc1F. The van der Waals surface area contributed by atoms with Gasteiger partial charge in [-0.2, -0.15) is 4.39 Å². The Bertz CT molecular complexity index is 681. The van der Waals surface area contributed by atoms with Gasteiger partial charge in [0.2, 0.25) is 5.82 Å². The normalized spacial score (nSPS) is 26.2. The number of hydrogen-bond acceptors (Lipinski definition) is 5. The van der Waals surface area contributed by atoms with Crippen molar-refractivity contribution < 1.29 is 28.6 Å². The Kier molecular flexibility index (Phi) is 4.45. The van der Waals surface area contributed by atoms with Crippen LogP contribution in [0.5, 0.6) is 0 Å². The van der Waals surface area contributed by atoms with Gasteiger partial charge in [-0.25, -0.2) is 4.79 Å². The predicted molar refractivity (Wildman–Crippen MR) is 67.3 cm³/mol. The highest BCUT2D eigenvalue weighted by molar-refractivity contribution is 7.51. The fourth-order valence-electron chi connectivity index (χ4n) is 2.12. The molecular weight excluding hydrogens is 310 g/mol. The first kappa shape index (κ1) is 16.1. The molecule has 2 heterocycles. The number of hydrogen-bond donors (Lipinski definition) is 4. The van der Waals surface area contributed by atoms with Crippen molar-refractivity contribution in [3.63, 3.8) is 0 Å². The minimum absolute atomic E-state index is 0.0583. The molecule has 0 saturated carbocycles. The maximum absolute atomic E-state index is 13.2. The summed E-state index contributed by atoms with van der Waals surface area (Å²) in [6.07, 6.45) is -2.92. The van der Waals surface area contributed by atoms with Gasteiger partial charge in [-0.05, 0) is 6.42 Å². The molecule has 4 N–H and O–H groups in total. The number of rotatable bonds is 4. The Morgan fingerprint density at radius 3 is 2.76 bits per heavy atom. The summed E-state index contributed by atoms with van der Waals surface area (Å²) < 4.78 is 30.1. The van der Waals surface area contributed by atoms with Crippen molar-refractivity contribution in [2.24, 2.45) is 0 Å². The predicted octanol–water partition coefficient (Wildman–Crippen LogP) is -1.11. The molecule has 0 bridgehead atoms. The summed E-state index contributed by atoms with van der Waals surface area (Å²) in [6, 6.07) is 0. The summed E-state index contributed by atoms with van der Waals surface area (Å²) in [5.41, 5.74) is -2.05. The Labute approximate surface area is 117 Å². The highest BCUT2D eigenvalue weighted by Crippen LogP contribution is 2.38. The van der Waals surface area contributed by atoms with Gasteiger partial charge in [-0.1, -0.05) is 0 Å². The van der Waals surface area contributed by atoms with Crippen molar-refractivity contribution >= 4 is 7.60 Å². The first-order valence-corrected chi connectivity index (χ1v) is 7.86. The standard InChI is InChI=1S/C10H14FN2O7P/c11-5-4-13(10(16)12-9(5)15)8-3-6(14)7(20-8)1-2-21(17,18)19/h4,6-8,14H,1-3H2,(H,12,15,16)(H2,17,18,19). The second kappa shape index (κ2) is 5.82. The molecule has 3 atom stereocenters. The van der Waals surface area contributed by atoms with Crippen molar-refractivity contribution in [2.45, 2.75) is 31.3 Å². The molecule has 0 spiro atoms. The second-order valence-electron chi connectivity index (χ2n) is 4.75. The number of halogens is 1. The van der Waals surface area contributed by atoms with E-state index >= 15 is 0 Å². The molecule has 1 aliphatic rings. The van der Waals surface area contributed by atoms with Crippen LogP contribution in [0.15, 0.2) is 15.8 Å². The van der Waals surface area contributed by atoms with E-state index in [-0.39, 0.29) is 12.8 Å². The number of aliphatic hydroxyl groups is 1. The molecule has 1 aromatic heterocycles. The average molecular weight is 324 g/mol. The zero-order valence-corrected chi connectivity index (χ0v) is 11.6. The van der Waals surface area contributed by atoms with E-state index in [1.165, 1.54) is 0 Å². The van der Waals surface area contributed by atoms with Gasteiger partial charge >= 0.3 is 13.3 Å². The number of aromatic nitrogens is 2. The Hall–Kier alpha value is -1.32. The summed E-state index contributed by atoms with van der Waals surface area (Å²) in [6.45, 7) is 0. The van der Waals surface area contributed by atoms with E-state index in [1.807, 2.05) is 0 Å². The van der Waals surface area contributed by atoms with Gasteiger partial charge in [-0.15, -0.1) is 0 Å². The second-order valence-corrected chi connectivity index (χ2v) is 6.53. The molecule has 1 fully saturated rings. The van der Waals surface area contributed by atoms with Gasteiger partial charge in [0.15, 0.2) is 0 Å². The van der Waals surface area contributed by atoms with Crippen LogP contribution in [-0.2, 0) is 9.30 Å². The highest BCUT2D eigenvalue weighted by Gasteiger charge is 2.36. The molecule has 118 valence electrons. The monoisotopic (exact) mass is 324 g/mol. The minimum atomic E-state index is -4.23. The first-order valence-electron chi connectivity index (χ1n) is 6.06. The maximum Gasteiger partial charge on any atom is 0.330 e. The highest BCUT2D eigenvalue weighted by atomic mass is 31.2. The molecule has 1 aliphatic heterocycles. The van der Waals surface area contributed by atoms with Crippen LogP contribution >= 0.6 is 7.60 Å². The number of aliphatic hydroxyl groups excluding tert-OH is 1. The van der Waals surface area contributed by atoms with Crippen molar-refractivity contribution in [1.82, 2.24) is 9.55 Å². The first-order chi connectivity index (χ1) is 9.67. The fourth-order valence-corrected chi connectivity index (χ4v) is 2.71. The maximum atomic E-state index is 13.2. The van der Waals surface area contributed by atoms with Crippen molar-refractivity contribution in [1.29, 1.82) is 0 Å². The van der Waals surface area contributed by atoms with Crippen molar-refractivity contribution in [2.75, 3.05) is 6.16 Å². The molecule has 11 heteroatoms. The molecule has 9 nitrogen and oxygen atoms in total. The molecule has 0 amide bonds. The number of ether oxygens (including phenoxy) is 1. The van der Waals surface area contributed by atoms with Gasteiger partial charge in [-0.3, -0.25) is 18.9 Å². The van der Waals surface area contributed by atoms with Crippen LogP contribution in [0, 0.1) is 5.82 Å². The molecule has 0 aromatic carbocycles. The van der Waals surface area contributed by atoms with Gasteiger partial charge in [0.25, 0.3) is 5.56 Å². The Morgan fingerprint density at radius 2 is 2.14 bits per heavy atom. The van der Waals surface area contributed by atoms with E-state index in [9.17, 15) is 23.7 Å². The van der Waals surface area contributed by atoms with Crippen molar-refractivity contribution in [3.05, 3.63) is 32.9 Å². The number of nitrogens with zero attached hydrogens (tertiary/aromatic N) is 1. The van der Waals surface area contributed by atoms with Gasteiger partial charge in [0, 0.05) is 6.42 Å². The summed E-state index contributed by atoms with van der Waals surface area (Å²) in [5, 5.41) is 9.77. The third kappa shape index (κ3) is 3.86. The van der Waals surface area contributed by atoms with Crippen LogP contribution in [-0.4, -0.2) is 42.8 Å². The van der Waals surface area contributed by atoms with E-state index < -0.39 is 49.3 Å². The molecule has 21 heavy (non-hydrogen) atoms. The van der Waals surface area contributed by atoms with Gasteiger partial charge in [0.1, 0.15) is 6.23 Å². The van der Waals surface area contributed by atoms with Crippen LogP contribution in [0.25, 0.3) is 0 Å².